The summed E-state index contributed by atoms with van der Waals surface area (Å²) in [6.07, 6.45) is 8.43. The number of nitrogens with one attached hydrogen (secondary N) is 1. The third kappa shape index (κ3) is 4.01. The highest BCUT2D eigenvalue weighted by Gasteiger charge is 2.54. The van der Waals surface area contributed by atoms with Gasteiger partial charge in [-0.1, -0.05) is 19.9 Å². The molecule has 0 atom stereocenters. The lowest BCUT2D eigenvalue weighted by atomic mass is 9.49. The summed E-state index contributed by atoms with van der Waals surface area (Å²) in [7, 11) is 1.67. The molecule has 4 fully saturated rings. The van der Waals surface area contributed by atoms with Crippen LogP contribution >= 0.6 is 0 Å². The molecule has 1 aromatic carbocycles. The minimum Gasteiger partial charge on any atom is -0.493 e. The normalized spacial score (nSPS) is 30.5. The van der Waals surface area contributed by atoms with E-state index < -0.39 is 0 Å². The van der Waals surface area contributed by atoms with Crippen molar-refractivity contribution in [2.24, 2.45) is 29.1 Å². The van der Waals surface area contributed by atoms with E-state index in [1.54, 1.807) is 7.11 Å². The Morgan fingerprint density at radius 1 is 1.11 bits per heavy atom. The molecule has 4 saturated carbocycles. The third-order valence-electron chi connectivity index (χ3n) is 7.15. The van der Waals surface area contributed by atoms with Crippen LogP contribution in [-0.2, 0) is 11.3 Å². The lowest BCUT2D eigenvalue weighted by Crippen LogP contribution is -2.53. The van der Waals surface area contributed by atoms with Gasteiger partial charge in [-0.3, -0.25) is 4.79 Å². The van der Waals surface area contributed by atoms with E-state index in [1.807, 2.05) is 18.2 Å². The van der Waals surface area contributed by atoms with Crippen LogP contribution < -0.4 is 14.8 Å². The third-order valence-corrected chi connectivity index (χ3v) is 7.15. The van der Waals surface area contributed by atoms with Crippen LogP contribution in [0, 0.1) is 29.1 Å². The van der Waals surface area contributed by atoms with E-state index >= 15 is 0 Å². The molecular weight excluding hydrogens is 350 g/mol. The highest BCUT2D eigenvalue weighted by Crippen LogP contribution is 2.60. The van der Waals surface area contributed by atoms with Crippen LogP contribution in [0.5, 0.6) is 11.5 Å². The van der Waals surface area contributed by atoms with Gasteiger partial charge < -0.3 is 14.8 Å². The zero-order valence-electron chi connectivity index (χ0n) is 17.6. The Hall–Kier alpha value is -1.71. The summed E-state index contributed by atoms with van der Waals surface area (Å²) >= 11 is 0. The van der Waals surface area contributed by atoms with E-state index in [4.69, 9.17) is 9.47 Å². The van der Waals surface area contributed by atoms with Crippen molar-refractivity contribution in [2.75, 3.05) is 13.7 Å². The average molecular weight is 386 g/mol. The summed E-state index contributed by atoms with van der Waals surface area (Å²) in [5.41, 5.74) is 0.977. The molecule has 28 heavy (non-hydrogen) atoms. The second kappa shape index (κ2) is 7.96. The highest BCUT2D eigenvalue weighted by atomic mass is 16.5. The minimum absolute atomic E-state index is 0.0846. The van der Waals surface area contributed by atoms with Crippen molar-refractivity contribution in [2.45, 2.75) is 65.3 Å². The first kappa shape index (κ1) is 19.6. The SMILES string of the molecule is COc1cc(CNC(=O)C23CC4CC(CC(C4)C2)C3)ccc1OCCC(C)C. The molecule has 0 aliphatic heterocycles. The molecule has 0 radical (unpaired) electrons. The standard InChI is InChI=1S/C24H35NO3/c1-16(2)6-7-28-21-5-4-17(11-22(21)27-3)15-25-23(26)24-12-18-8-19(13-24)10-20(9-18)14-24/h4-5,11,16,18-20H,6-10,12-15H2,1-3H3,(H,25,26). The van der Waals surface area contributed by atoms with E-state index in [1.165, 1.54) is 19.3 Å². The minimum atomic E-state index is -0.0846. The number of rotatable bonds is 8. The Morgan fingerprint density at radius 3 is 2.32 bits per heavy atom. The fourth-order valence-electron chi connectivity index (χ4n) is 6.10. The second-order valence-electron chi connectivity index (χ2n) is 9.90. The zero-order chi connectivity index (χ0) is 19.7. The monoisotopic (exact) mass is 385 g/mol. The smallest absolute Gasteiger partial charge is 0.226 e. The first-order valence-corrected chi connectivity index (χ1v) is 11.1. The molecule has 154 valence electrons. The lowest BCUT2D eigenvalue weighted by Gasteiger charge is -2.55. The van der Waals surface area contributed by atoms with Crippen molar-refractivity contribution in [1.29, 1.82) is 0 Å². The maximum atomic E-state index is 13.1. The fourth-order valence-corrected chi connectivity index (χ4v) is 6.10. The van der Waals surface area contributed by atoms with Gasteiger partial charge in [0.15, 0.2) is 11.5 Å². The molecule has 0 unspecified atom stereocenters. The van der Waals surface area contributed by atoms with Crippen molar-refractivity contribution >= 4 is 5.91 Å². The molecule has 1 N–H and O–H groups in total. The van der Waals surface area contributed by atoms with E-state index in [2.05, 4.69) is 19.2 Å². The first-order valence-electron chi connectivity index (χ1n) is 11.1. The van der Waals surface area contributed by atoms with Crippen molar-refractivity contribution < 1.29 is 14.3 Å². The Balaban J connectivity index is 1.36. The van der Waals surface area contributed by atoms with Crippen LogP contribution in [0.1, 0.15) is 64.4 Å². The molecule has 0 spiro atoms. The van der Waals surface area contributed by atoms with E-state index in [0.717, 1.165) is 60.5 Å². The van der Waals surface area contributed by atoms with Gasteiger partial charge in [-0.05, 0) is 86.3 Å². The van der Waals surface area contributed by atoms with Gasteiger partial charge in [0.1, 0.15) is 0 Å². The molecule has 5 rings (SSSR count). The summed E-state index contributed by atoms with van der Waals surface area (Å²) < 4.78 is 11.4. The average Bonchev–Trinajstić information content (AvgIpc) is 2.65. The predicted octanol–water partition coefficient (Wildman–Crippen LogP) is 4.95. The molecule has 0 aromatic heterocycles. The largest absolute Gasteiger partial charge is 0.493 e. The Morgan fingerprint density at radius 2 is 1.75 bits per heavy atom. The van der Waals surface area contributed by atoms with Gasteiger partial charge in [0.2, 0.25) is 5.91 Å². The molecule has 1 aromatic rings. The summed E-state index contributed by atoms with van der Waals surface area (Å²) in [4.78, 5) is 13.1. The number of methoxy groups -OCH3 is 1. The number of benzene rings is 1. The number of amides is 1. The quantitative estimate of drug-likeness (QED) is 0.688. The molecule has 4 bridgehead atoms. The number of ether oxygens (including phenoxy) is 2. The molecule has 0 saturated heterocycles. The molecule has 4 aliphatic carbocycles. The van der Waals surface area contributed by atoms with E-state index in [0.29, 0.717) is 19.1 Å². The molecule has 4 nitrogen and oxygen atoms in total. The van der Waals surface area contributed by atoms with Gasteiger partial charge in [-0.2, -0.15) is 0 Å². The number of carbonyl (C=O) groups excluding carboxylic acids is 1. The topological polar surface area (TPSA) is 47.6 Å². The lowest BCUT2D eigenvalue weighted by molar-refractivity contribution is -0.146. The van der Waals surface area contributed by atoms with Crippen LogP contribution in [0.25, 0.3) is 0 Å². The number of carbonyl (C=O) groups is 1. The summed E-state index contributed by atoms with van der Waals surface area (Å²) in [5.74, 6) is 4.79. The van der Waals surface area contributed by atoms with Crippen molar-refractivity contribution in [3.63, 3.8) is 0 Å². The van der Waals surface area contributed by atoms with E-state index in [9.17, 15) is 4.79 Å². The first-order chi connectivity index (χ1) is 13.5. The van der Waals surface area contributed by atoms with Gasteiger partial charge in [-0.25, -0.2) is 0 Å². The molecule has 0 heterocycles. The van der Waals surface area contributed by atoms with Gasteiger partial charge in [-0.15, -0.1) is 0 Å². The molecule has 4 aliphatic rings. The molecule has 4 heteroatoms. The van der Waals surface area contributed by atoms with Crippen LogP contribution in [0.3, 0.4) is 0 Å². The van der Waals surface area contributed by atoms with Crippen molar-refractivity contribution in [1.82, 2.24) is 5.32 Å². The summed E-state index contributed by atoms with van der Waals surface area (Å²) in [5, 5.41) is 3.25. The molecular formula is C24H35NO3. The van der Waals surface area contributed by atoms with Crippen LogP contribution in [-0.4, -0.2) is 19.6 Å². The van der Waals surface area contributed by atoms with Crippen LogP contribution in [0.15, 0.2) is 18.2 Å². The van der Waals surface area contributed by atoms with Gasteiger partial charge >= 0.3 is 0 Å². The maximum absolute atomic E-state index is 13.1. The van der Waals surface area contributed by atoms with Crippen LogP contribution in [0.4, 0.5) is 0 Å². The summed E-state index contributed by atoms with van der Waals surface area (Å²) in [6, 6.07) is 5.99. The fraction of sp³-hybridized carbons (Fsp3) is 0.708. The summed E-state index contributed by atoms with van der Waals surface area (Å²) in [6.45, 7) is 5.63. The van der Waals surface area contributed by atoms with Crippen LogP contribution in [0.2, 0.25) is 0 Å². The Labute approximate surface area is 169 Å². The van der Waals surface area contributed by atoms with Crippen molar-refractivity contribution in [3.05, 3.63) is 23.8 Å². The number of hydrogen-bond acceptors (Lipinski definition) is 3. The number of hydrogen-bond donors (Lipinski definition) is 1. The highest BCUT2D eigenvalue weighted by molar-refractivity contribution is 5.83. The van der Waals surface area contributed by atoms with Crippen molar-refractivity contribution in [3.8, 4) is 11.5 Å². The van der Waals surface area contributed by atoms with E-state index in [-0.39, 0.29) is 11.3 Å². The zero-order valence-corrected chi connectivity index (χ0v) is 17.6. The van der Waals surface area contributed by atoms with Gasteiger partial charge in [0.05, 0.1) is 13.7 Å². The maximum Gasteiger partial charge on any atom is 0.226 e. The van der Waals surface area contributed by atoms with Gasteiger partial charge in [0.25, 0.3) is 0 Å². The molecule has 1 amide bonds. The Kier molecular flexibility index (Phi) is 5.57. The Bertz CT molecular complexity index is 677. The second-order valence-corrected chi connectivity index (χ2v) is 9.90. The predicted molar refractivity (Wildman–Crippen MR) is 110 cm³/mol. The van der Waals surface area contributed by atoms with Gasteiger partial charge in [0, 0.05) is 12.0 Å².